The maximum absolute atomic E-state index is 13.8. The van der Waals surface area contributed by atoms with Crippen molar-refractivity contribution in [1.29, 1.82) is 0 Å². The van der Waals surface area contributed by atoms with E-state index in [1.165, 1.54) is 31.4 Å². The third-order valence-corrected chi connectivity index (χ3v) is 4.35. The molecule has 1 heterocycles. The van der Waals surface area contributed by atoms with E-state index in [9.17, 15) is 9.50 Å². The lowest BCUT2D eigenvalue weighted by molar-refractivity contribution is 0.300. The lowest BCUT2D eigenvalue weighted by Gasteiger charge is -2.26. The van der Waals surface area contributed by atoms with Gasteiger partial charge in [-0.25, -0.2) is 4.39 Å². The second kappa shape index (κ2) is 5.84. The van der Waals surface area contributed by atoms with Crippen LogP contribution in [0.5, 0.6) is 5.75 Å². The fourth-order valence-electron chi connectivity index (χ4n) is 3.08. The van der Waals surface area contributed by atoms with Gasteiger partial charge in [0.1, 0.15) is 11.6 Å². The summed E-state index contributed by atoms with van der Waals surface area (Å²) in [6.07, 6.45) is 5.76. The minimum Gasteiger partial charge on any atom is -0.508 e. The Balaban J connectivity index is 1.83. The maximum atomic E-state index is 13.8. The third-order valence-electron chi connectivity index (χ3n) is 4.35. The van der Waals surface area contributed by atoms with Crippen LogP contribution < -0.4 is 0 Å². The van der Waals surface area contributed by atoms with Crippen molar-refractivity contribution in [3.8, 4) is 17.2 Å². The Morgan fingerprint density at radius 2 is 2.24 bits per heavy atom. The van der Waals surface area contributed by atoms with Crippen LogP contribution in [0.1, 0.15) is 50.8 Å². The molecule has 4 nitrogen and oxygen atoms in total. The quantitative estimate of drug-likeness (QED) is 0.917. The van der Waals surface area contributed by atoms with Crippen molar-refractivity contribution < 1.29 is 14.0 Å². The van der Waals surface area contributed by atoms with Gasteiger partial charge in [0.2, 0.25) is 0 Å². The Labute approximate surface area is 123 Å². The van der Waals surface area contributed by atoms with Crippen molar-refractivity contribution in [3.63, 3.8) is 0 Å². The highest BCUT2D eigenvalue weighted by atomic mass is 19.1. The van der Waals surface area contributed by atoms with Crippen LogP contribution in [0.2, 0.25) is 0 Å². The van der Waals surface area contributed by atoms with Gasteiger partial charge in [-0.05, 0) is 30.9 Å². The van der Waals surface area contributed by atoms with Gasteiger partial charge in [-0.1, -0.05) is 31.3 Å². The monoisotopic (exact) mass is 290 g/mol. The summed E-state index contributed by atoms with van der Waals surface area (Å²) in [5.74, 6) is 1.21. The summed E-state index contributed by atoms with van der Waals surface area (Å²) in [7, 11) is 0. The normalized spacial score (nSPS) is 22.4. The highest BCUT2D eigenvalue weighted by Crippen LogP contribution is 2.37. The number of aromatic hydroxyl groups is 1. The van der Waals surface area contributed by atoms with Crippen LogP contribution in [0, 0.1) is 11.7 Å². The van der Waals surface area contributed by atoms with Crippen molar-refractivity contribution in [2.45, 2.75) is 44.9 Å². The second-order valence-electron chi connectivity index (χ2n) is 5.76. The van der Waals surface area contributed by atoms with Crippen molar-refractivity contribution in [2.75, 3.05) is 0 Å². The molecule has 1 aromatic carbocycles. The lowest BCUT2D eigenvalue weighted by atomic mass is 9.80. The SMILES string of the molecule is CCC1CCCC(c2noc(-c3ccc(O)cc3F)n2)C1. The number of hydrogen-bond donors (Lipinski definition) is 1. The lowest BCUT2D eigenvalue weighted by Crippen LogP contribution is -2.14. The molecule has 2 unspecified atom stereocenters. The molecule has 0 radical (unpaired) electrons. The average Bonchev–Trinajstić information content (AvgIpc) is 2.97. The van der Waals surface area contributed by atoms with Gasteiger partial charge >= 0.3 is 0 Å². The van der Waals surface area contributed by atoms with Crippen LogP contribution in [-0.4, -0.2) is 15.2 Å². The molecule has 1 N–H and O–H groups in total. The molecule has 0 saturated heterocycles. The summed E-state index contributed by atoms with van der Waals surface area (Å²) < 4.78 is 19.0. The standard InChI is InChI=1S/C16H19FN2O2/c1-2-10-4-3-5-11(8-10)15-18-16(21-19-15)13-7-6-12(20)9-14(13)17/h6-7,9-11,20H,2-5,8H2,1H3. The van der Waals surface area contributed by atoms with Gasteiger partial charge < -0.3 is 9.63 Å². The zero-order valence-electron chi connectivity index (χ0n) is 12.1. The molecule has 0 amide bonds. The molecule has 1 fully saturated rings. The van der Waals surface area contributed by atoms with Crippen LogP contribution in [0.3, 0.4) is 0 Å². The minimum absolute atomic E-state index is 0.117. The highest BCUT2D eigenvalue weighted by molar-refractivity contribution is 5.55. The summed E-state index contributed by atoms with van der Waals surface area (Å²) >= 11 is 0. The van der Waals surface area contributed by atoms with Crippen LogP contribution >= 0.6 is 0 Å². The number of aromatic nitrogens is 2. The predicted molar refractivity (Wildman–Crippen MR) is 76.3 cm³/mol. The van der Waals surface area contributed by atoms with Crippen LogP contribution in [-0.2, 0) is 0 Å². The molecule has 1 saturated carbocycles. The first-order chi connectivity index (χ1) is 10.2. The molecule has 5 heteroatoms. The third kappa shape index (κ3) is 2.91. The maximum Gasteiger partial charge on any atom is 0.260 e. The first-order valence-corrected chi connectivity index (χ1v) is 7.50. The molecular weight excluding hydrogens is 271 g/mol. The smallest absolute Gasteiger partial charge is 0.260 e. The molecule has 1 aliphatic carbocycles. The molecule has 21 heavy (non-hydrogen) atoms. The molecule has 0 bridgehead atoms. The highest BCUT2D eigenvalue weighted by Gasteiger charge is 2.26. The van der Waals surface area contributed by atoms with E-state index in [-0.39, 0.29) is 17.2 Å². The van der Waals surface area contributed by atoms with E-state index in [4.69, 9.17) is 4.52 Å². The van der Waals surface area contributed by atoms with E-state index in [0.717, 1.165) is 24.8 Å². The zero-order chi connectivity index (χ0) is 14.8. The van der Waals surface area contributed by atoms with Gasteiger partial charge in [0.15, 0.2) is 5.82 Å². The Kier molecular flexibility index (Phi) is 3.90. The van der Waals surface area contributed by atoms with Crippen molar-refractivity contribution in [2.24, 2.45) is 5.92 Å². The number of halogens is 1. The van der Waals surface area contributed by atoms with Gasteiger partial charge in [-0.2, -0.15) is 4.98 Å². The van der Waals surface area contributed by atoms with Crippen molar-refractivity contribution >= 4 is 0 Å². The van der Waals surface area contributed by atoms with Gasteiger partial charge in [0, 0.05) is 12.0 Å². The molecule has 1 aromatic heterocycles. The predicted octanol–water partition coefficient (Wildman–Crippen LogP) is 4.27. The van der Waals surface area contributed by atoms with E-state index < -0.39 is 5.82 Å². The zero-order valence-corrected chi connectivity index (χ0v) is 12.1. The van der Waals surface area contributed by atoms with Crippen LogP contribution in [0.15, 0.2) is 22.7 Å². The molecule has 2 aromatic rings. The van der Waals surface area contributed by atoms with E-state index in [2.05, 4.69) is 17.1 Å². The van der Waals surface area contributed by atoms with Gasteiger partial charge in [0.05, 0.1) is 5.56 Å². The molecule has 3 rings (SSSR count). The Morgan fingerprint density at radius 1 is 1.38 bits per heavy atom. The van der Waals surface area contributed by atoms with E-state index >= 15 is 0 Å². The van der Waals surface area contributed by atoms with E-state index in [1.807, 2.05) is 0 Å². The molecule has 1 aliphatic rings. The van der Waals surface area contributed by atoms with E-state index in [0.29, 0.717) is 11.7 Å². The largest absolute Gasteiger partial charge is 0.508 e. The summed E-state index contributed by atoms with van der Waals surface area (Å²) in [5.41, 5.74) is 0.231. The summed E-state index contributed by atoms with van der Waals surface area (Å²) in [4.78, 5) is 4.36. The number of phenols is 1. The molecular formula is C16H19FN2O2. The van der Waals surface area contributed by atoms with E-state index in [1.54, 1.807) is 0 Å². The molecule has 0 spiro atoms. The number of phenolic OH excluding ortho intramolecular Hbond substituents is 1. The molecule has 2 atom stereocenters. The van der Waals surface area contributed by atoms with Crippen molar-refractivity contribution in [1.82, 2.24) is 10.1 Å². The number of benzene rings is 1. The Morgan fingerprint density at radius 3 is 3.00 bits per heavy atom. The van der Waals surface area contributed by atoms with Gasteiger partial charge in [-0.15, -0.1) is 0 Å². The minimum atomic E-state index is -0.555. The van der Waals surface area contributed by atoms with Crippen LogP contribution in [0.4, 0.5) is 4.39 Å². The molecule has 0 aliphatic heterocycles. The number of hydrogen-bond acceptors (Lipinski definition) is 4. The fraction of sp³-hybridized carbons (Fsp3) is 0.500. The van der Waals surface area contributed by atoms with Crippen LogP contribution in [0.25, 0.3) is 11.5 Å². The van der Waals surface area contributed by atoms with Gasteiger partial charge in [0.25, 0.3) is 5.89 Å². The summed E-state index contributed by atoms with van der Waals surface area (Å²) in [5, 5.41) is 13.3. The number of nitrogens with zero attached hydrogens (tertiary/aromatic N) is 2. The first kappa shape index (κ1) is 14.0. The summed E-state index contributed by atoms with van der Waals surface area (Å²) in [6.45, 7) is 2.21. The number of rotatable bonds is 3. The first-order valence-electron chi connectivity index (χ1n) is 7.50. The van der Waals surface area contributed by atoms with Gasteiger partial charge in [-0.3, -0.25) is 0 Å². The second-order valence-corrected chi connectivity index (χ2v) is 5.76. The average molecular weight is 290 g/mol. The Hall–Kier alpha value is -1.91. The van der Waals surface area contributed by atoms with Crippen molar-refractivity contribution in [3.05, 3.63) is 29.8 Å². The fourth-order valence-corrected chi connectivity index (χ4v) is 3.08. The summed E-state index contributed by atoms with van der Waals surface area (Å²) in [6, 6.07) is 3.92. The molecule has 112 valence electrons. The topological polar surface area (TPSA) is 59.2 Å². The Bertz CT molecular complexity index is 626.